The van der Waals surface area contributed by atoms with E-state index in [1.165, 1.54) is 38.9 Å². The molecule has 0 bridgehead atoms. The molecule has 1 saturated carbocycles. The molecule has 0 aromatic heterocycles. The van der Waals surface area contributed by atoms with E-state index in [4.69, 9.17) is 0 Å². The third-order valence-electron chi connectivity index (χ3n) is 2.71. The summed E-state index contributed by atoms with van der Waals surface area (Å²) in [6.07, 6.45) is 10.3. The van der Waals surface area contributed by atoms with Crippen molar-refractivity contribution in [2.45, 2.75) is 37.0 Å². The highest BCUT2D eigenvalue weighted by Crippen LogP contribution is 2.26. The SMILES string of the molecule is COC(=O)/C=C/NC1CCCC(SC)C1. The number of rotatable bonds is 4. The molecule has 1 fully saturated rings. The lowest BCUT2D eigenvalue weighted by Gasteiger charge is -2.28. The fourth-order valence-corrected chi connectivity index (χ4v) is 2.66. The molecule has 0 amide bonds. The van der Waals surface area contributed by atoms with Gasteiger partial charge in [0.05, 0.1) is 7.11 Å². The fourth-order valence-electron chi connectivity index (χ4n) is 1.83. The Morgan fingerprint density at radius 1 is 1.53 bits per heavy atom. The second-order valence-corrected chi connectivity index (χ2v) is 4.88. The molecule has 0 aromatic carbocycles. The molecule has 2 atom stereocenters. The van der Waals surface area contributed by atoms with Crippen molar-refractivity contribution in [1.29, 1.82) is 0 Å². The van der Waals surface area contributed by atoms with Crippen LogP contribution in [0.25, 0.3) is 0 Å². The molecular formula is C11H19NO2S. The van der Waals surface area contributed by atoms with Crippen LogP contribution in [0.4, 0.5) is 0 Å². The minimum atomic E-state index is -0.306. The van der Waals surface area contributed by atoms with Gasteiger partial charge in [0.1, 0.15) is 0 Å². The second kappa shape index (κ2) is 6.77. The van der Waals surface area contributed by atoms with Crippen LogP contribution in [0.1, 0.15) is 25.7 Å². The summed E-state index contributed by atoms with van der Waals surface area (Å²) in [6, 6.07) is 0.511. The Morgan fingerprint density at radius 2 is 2.33 bits per heavy atom. The molecular weight excluding hydrogens is 210 g/mol. The first-order valence-electron chi connectivity index (χ1n) is 5.29. The van der Waals surface area contributed by atoms with Gasteiger partial charge in [0.25, 0.3) is 0 Å². The number of esters is 1. The first-order chi connectivity index (χ1) is 7.26. The number of carbonyl (C=O) groups is 1. The standard InChI is InChI=1S/C11H19NO2S/c1-14-11(13)6-7-12-9-4-3-5-10(8-9)15-2/h6-7,9-10,12H,3-5,8H2,1-2H3/b7-6+. The van der Waals surface area contributed by atoms with Crippen LogP contribution >= 0.6 is 11.8 Å². The van der Waals surface area contributed by atoms with E-state index in [2.05, 4.69) is 16.3 Å². The third kappa shape index (κ3) is 4.60. The van der Waals surface area contributed by atoms with Gasteiger partial charge < -0.3 is 10.1 Å². The van der Waals surface area contributed by atoms with Crippen molar-refractivity contribution in [2.24, 2.45) is 0 Å². The summed E-state index contributed by atoms with van der Waals surface area (Å²) < 4.78 is 4.51. The summed E-state index contributed by atoms with van der Waals surface area (Å²) in [4.78, 5) is 10.8. The Bertz CT molecular complexity index is 231. The Kier molecular flexibility index (Phi) is 5.61. The molecule has 0 saturated heterocycles. The Labute approximate surface area is 95.6 Å². The van der Waals surface area contributed by atoms with Gasteiger partial charge in [0, 0.05) is 23.6 Å². The predicted octanol–water partition coefficient (Wildman–Crippen LogP) is 1.94. The normalized spacial score (nSPS) is 26.5. The molecule has 0 heterocycles. The van der Waals surface area contributed by atoms with Crippen LogP contribution in [0.3, 0.4) is 0 Å². The van der Waals surface area contributed by atoms with E-state index in [0.717, 1.165) is 5.25 Å². The van der Waals surface area contributed by atoms with Crippen LogP contribution in [-0.4, -0.2) is 30.6 Å². The van der Waals surface area contributed by atoms with Crippen molar-refractivity contribution in [2.75, 3.05) is 13.4 Å². The maximum Gasteiger partial charge on any atom is 0.331 e. The average molecular weight is 229 g/mol. The first-order valence-corrected chi connectivity index (χ1v) is 6.58. The molecule has 0 radical (unpaired) electrons. The van der Waals surface area contributed by atoms with Gasteiger partial charge in [-0.05, 0) is 25.5 Å². The van der Waals surface area contributed by atoms with Crippen molar-refractivity contribution in [1.82, 2.24) is 5.32 Å². The van der Waals surface area contributed by atoms with E-state index in [9.17, 15) is 4.79 Å². The average Bonchev–Trinajstić information content (AvgIpc) is 2.29. The summed E-state index contributed by atoms with van der Waals surface area (Å²) in [7, 11) is 1.39. The van der Waals surface area contributed by atoms with Gasteiger partial charge in [-0.3, -0.25) is 0 Å². The number of carbonyl (C=O) groups excluding carboxylic acids is 1. The van der Waals surface area contributed by atoms with E-state index in [1.807, 2.05) is 11.8 Å². The van der Waals surface area contributed by atoms with Crippen molar-refractivity contribution in [3.63, 3.8) is 0 Å². The lowest BCUT2D eigenvalue weighted by atomic mass is 9.95. The summed E-state index contributed by atoms with van der Waals surface area (Å²) in [5.74, 6) is -0.306. The zero-order valence-electron chi connectivity index (χ0n) is 9.36. The lowest BCUT2D eigenvalue weighted by Crippen LogP contribution is -2.31. The van der Waals surface area contributed by atoms with E-state index >= 15 is 0 Å². The van der Waals surface area contributed by atoms with E-state index in [-0.39, 0.29) is 5.97 Å². The topological polar surface area (TPSA) is 38.3 Å². The molecule has 1 aliphatic rings. The minimum Gasteiger partial charge on any atom is -0.466 e. The molecule has 0 aromatic rings. The Balaban J connectivity index is 2.26. The quantitative estimate of drug-likeness (QED) is 0.590. The molecule has 3 nitrogen and oxygen atoms in total. The van der Waals surface area contributed by atoms with Crippen LogP contribution in [0.15, 0.2) is 12.3 Å². The summed E-state index contributed by atoms with van der Waals surface area (Å²) in [6.45, 7) is 0. The fraction of sp³-hybridized carbons (Fsp3) is 0.727. The molecule has 0 spiro atoms. The van der Waals surface area contributed by atoms with Crippen LogP contribution in [0.5, 0.6) is 0 Å². The monoisotopic (exact) mass is 229 g/mol. The van der Waals surface area contributed by atoms with E-state index < -0.39 is 0 Å². The summed E-state index contributed by atoms with van der Waals surface area (Å²) >= 11 is 1.94. The lowest BCUT2D eigenvalue weighted by molar-refractivity contribution is -0.134. The van der Waals surface area contributed by atoms with Crippen LogP contribution in [0, 0.1) is 0 Å². The summed E-state index contributed by atoms with van der Waals surface area (Å²) in [5.41, 5.74) is 0. The smallest absolute Gasteiger partial charge is 0.331 e. The predicted molar refractivity (Wildman–Crippen MR) is 63.9 cm³/mol. The van der Waals surface area contributed by atoms with Gasteiger partial charge in [0.15, 0.2) is 0 Å². The molecule has 15 heavy (non-hydrogen) atoms. The molecule has 0 aliphatic heterocycles. The van der Waals surface area contributed by atoms with Gasteiger partial charge in [-0.15, -0.1) is 0 Å². The van der Waals surface area contributed by atoms with Crippen molar-refractivity contribution in [3.8, 4) is 0 Å². The largest absolute Gasteiger partial charge is 0.466 e. The zero-order valence-corrected chi connectivity index (χ0v) is 10.2. The van der Waals surface area contributed by atoms with Gasteiger partial charge in [0.2, 0.25) is 0 Å². The highest BCUT2D eigenvalue weighted by Gasteiger charge is 2.19. The van der Waals surface area contributed by atoms with Crippen LogP contribution in [0.2, 0.25) is 0 Å². The van der Waals surface area contributed by atoms with Crippen molar-refractivity contribution in [3.05, 3.63) is 12.3 Å². The number of nitrogens with one attached hydrogen (secondary N) is 1. The number of hydrogen-bond donors (Lipinski definition) is 1. The maximum atomic E-state index is 10.8. The highest BCUT2D eigenvalue weighted by atomic mass is 32.2. The Morgan fingerprint density at radius 3 is 3.00 bits per heavy atom. The third-order valence-corrected chi connectivity index (χ3v) is 3.81. The molecule has 4 heteroatoms. The molecule has 1 aliphatic carbocycles. The minimum absolute atomic E-state index is 0.306. The van der Waals surface area contributed by atoms with Gasteiger partial charge in [-0.25, -0.2) is 4.79 Å². The number of thioether (sulfide) groups is 1. The van der Waals surface area contributed by atoms with E-state index in [1.54, 1.807) is 6.20 Å². The second-order valence-electron chi connectivity index (χ2n) is 3.74. The van der Waals surface area contributed by atoms with Gasteiger partial charge >= 0.3 is 5.97 Å². The van der Waals surface area contributed by atoms with Crippen molar-refractivity contribution < 1.29 is 9.53 Å². The Hall–Kier alpha value is -0.640. The first kappa shape index (κ1) is 12.4. The van der Waals surface area contributed by atoms with Crippen LogP contribution < -0.4 is 5.32 Å². The number of methoxy groups -OCH3 is 1. The van der Waals surface area contributed by atoms with E-state index in [0.29, 0.717) is 6.04 Å². The zero-order chi connectivity index (χ0) is 11.1. The number of ether oxygens (including phenoxy) is 1. The number of hydrogen-bond acceptors (Lipinski definition) is 4. The van der Waals surface area contributed by atoms with Gasteiger partial charge in [-0.1, -0.05) is 6.42 Å². The molecule has 1 N–H and O–H groups in total. The maximum absolute atomic E-state index is 10.8. The molecule has 1 rings (SSSR count). The van der Waals surface area contributed by atoms with Crippen molar-refractivity contribution >= 4 is 17.7 Å². The summed E-state index contributed by atoms with van der Waals surface area (Å²) in [5, 5.41) is 4.02. The highest BCUT2D eigenvalue weighted by molar-refractivity contribution is 7.99. The molecule has 86 valence electrons. The van der Waals surface area contributed by atoms with Gasteiger partial charge in [-0.2, -0.15) is 11.8 Å². The van der Waals surface area contributed by atoms with Crippen LogP contribution in [-0.2, 0) is 9.53 Å². The molecule has 2 unspecified atom stereocenters.